The van der Waals surface area contributed by atoms with Crippen LogP contribution >= 0.6 is 11.3 Å². The molecular formula is C21H19N3OS. The molecule has 1 aliphatic carbocycles. The molecule has 0 radical (unpaired) electrons. The SMILES string of the molecule is Cc1cccc(/C=C(\C#N)c2nc3sc4c(c3c(=O)[nH]2)CC[C@H](C)C4)c1. The first-order valence-electron chi connectivity index (χ1n) is 8.78. The van der Waals surface area contributed by atoms with Crippen LogP contribution in [0.15, 0.2) is 29.1 Å². The van der Waals surface area contributed by atoms with Crippen LogP contribution in [-0.4, -0.2) is 9.97 Å². The van der Waals surface area contributed by atoms with Crippen molar-refractivity contribution in [2.24, 2.45) is 5.92 Å². The number of aryl methyl sites for hydroxylation is 2. The maximum absolute atomic E-state index is 12.7. The van der Waals surface area contributed by atoms with Gasteiger partial charge in [-0.2, -0.15) is 5.26 Å². The van der Waals surface area contributed by atoms with Gasteiger partial charge in [0.25, 0.3) is 5.56 Å². The average molecular weight is 361 g/mol. The van der Waals surface area contributed by atoms with Crippen LogP contribution in [0.25, 0.3) is 21.9 Å². The summed E-state index contributed by atoms with van der Waals surface area (Å²) < 4.78 is 0. The lowest BCUT2D eigenvalue weighted by molar-refractivity contribution is 0.509. The molecule has 0 aliphatic heterocycles. The molecule has 5 heteroatoms. The second-order valence-electron chi connectivity index (χ2n) is 7.03. The van der Waals surface area contributed by atoms with Crippen molar-refractivity contribution in [2.75, 3.05) is 0 Å². The first-order valence-corrected chi connectivity index (χ1v) is 9.60. The van der Waals surface area contributed by atoms with Crippen molar-refractivity contribution in [1.29, 1.82) is 5.26 Å². The molecule has 1 aliphatic rings. The molecule has 0 saturated carbocycles. The first kappa shape index (κ1) is 16.7. The largest absolute Gasteiger partial charge is 0.305 e. The molecule has 26 heavy (non-hydrogen) atoms. The third-order valence-corrected chi connectivity index (χ3v) is 6.04. The number of rotatable bonds is 2. The van der Waals surface area contributed by atoms with Crippen LogP contribution in [0.5, 0.6) is 0 Å². The summed E-state index contributed by atoms with van der Waals surface area (Å²) in [6.45, 7) is 4.25. The molecule has 0 bridgehead atoms. The van der Waals surface area contributed by atoms with Crippen molar-refractivity contribution < 1.29 is 0 Å². The lowest BCUT2D eigenvalue weighted by atomic mass is 9.89. The van der Waals surface area contributed by atoms with Crippen molar-refractivity contribution in [3.63, 3.8) is 0 Å². The first-order chi connectivity index (χ1) is 12.5. The maximum atomic E-state index is 12.7. The second-order valence-corrected chi connectivity index (χ2v) is 8.11. The Hall–Kier alpha value is -2.71. The van der Waals surface area contributed by atoms with Gasteiger partial charge in [-0.15, -0.1) is 11.3 Å². The number of nitrogens with one attached hydrogen (secondary N) is 1. The number of aromatic nitrogens is 2. The smallest absolute Gasteiger partial charge is 0.260 e. The zero-order valence-electron chi connectivity index (χ0n) is 14.8. The van der Waals surface area contributed by atoms with Crippen LogP contribution in [0.2, 0.25) is 0 Å². The maximum Gasteiger partial charge on any atom is 0.260 e. The van der Waals surface area contributed by atoms with Gasteiger partial charge in [0.1, 0.15) is 10.9 Å². The van der Waals surface area contributed by atoms with E-state index in [4.69, 9.17) is 0 Å². The molecular weight excluding hydrogens is 342 g/mol. The number of benzene rings is 1. The fourth-order valence-corrected chi connectivity index (χ4v) is 4.94. The van der Waals surface area contributed by atoms with Crippen LogP contribution in [0.1, 0.15) is 40.7 Å². The fourth-order valence-electron chi connectivity index (χ4n) is 3.56. The van der Waals surface area contributed by atoms with Gasteiger partial charge < -0.3 is 4.98 Å². The summed E-state index contributed by atoms with van der Waals surface area (Å²) in [6, 6.07) is 10.1. The Morgan fingerprint density at radius 3 is 3.08 bits per heavy atom. The number of hydrogen-bond donors (Lipinski definition) is 1. The van der Waals surface area contributed by atoms with E-state index in [1.54, 1.807) is 17.4 Å². The van der Waals surface area contributed by atoms with Crippen LogP contribution in [0.4, 0.5) is 0 Å². The Labute approximate surface area is 155 Å². The molecule has 4 rings (SSSR count). The Bertz CT molecular complexity index is 1130. The summed E-state index contributed by atoms with van der Waals surface area (Å²) in [5.41, 5.74) is 3.43. The van der Waals surface area contributed by atoms with E-state index in [2.05, 4.69) is 23.0 Å². The summed E-state index contributed by atoms with van der Waals surface area (Å²) in [6.07, 6.45) is 4.82. The van der Waals surface area contributed by atoms with Gasteiger partial charge in [-0.3, -0.25) is 4.79 Å². The van der Waals surface area contributed by atoms with Crippen molar-refractivity contribution in [3.05, 3.63) is 62.0 Å². The molecule has 1 atom stereocenters. The van der Waals surface area contributed by atoms with Crippen LogP contribution in [-0.2, 0) is 12.8 Å². The topological polar surface area (TPSA) is 69.5 Å². The Morgan fingerprint density at radius 2 is 2.31 bits per heavy atom. The highest BCUT2D eigenvalue weighted by atomic mass is 32.1. The highest BCUT2D eigenvalue weighted by molar-refractivity contribution is 7.18. The predicted octanol–water partition coefficient (Wildman–Crippen LogP) is 4.48. The van der Waals surface area contributed by atoms with Crippen LogP contribution in [0.3, 0.4) is 0 Å². The highest BCUT2D eigenvalue weighted by Gasteiger charge is 2.23. The predicted molar refractivity (Wildman–Crippen MR) is 106 cm³/mol. The van der Waals surface area contributed by atoms with E-state index in [1.165, 1.54) is 4.88 Å². The number of aromatic amines is 1. The van der Waals surface area contributed by atoms with Crippen molar-refractivity contribution in [3.8, 4) is 6.07 Å². The third kappa shape index (κ3) is 2.97. The van der Waals surface area contributed by atoms with E-state index < -0.39 is 0 Å². The van der Waals surface area contributed by atoms with Gasteiger partial charge in [-0.05, 0) is 49.3 Å². The summed E-state index contributed by atoms with van der Waals surface area (Å²) in [4.78, 5) is 22.2. The van der Waals surface area contributed by atoms with Gasteiger partial charge in [-0.25, -0.2) is 4.98 Å². The molecule has 0 amide bonds. The minimum Gasteiger partial charge on any atom is -0.305 e. The minimum atomic E-state index is -0.137. The van der Waals surface area contributed by atoms with Gasteiger partial charge in [0.15, 0.2) is 5.82 Å². The van der Waals surface area contributed by atoms with Gasteiger partial charge >= 0.3 is 0 Å². The molecule has 0 spiro atoms. The third-order valence-electron chi connectivity index (χ3n) is 4.89. The van der Waals surface area contributed by atoms with Crippen molar-refractivity contribution in [2.45, 2.75) is 33.1 Å². The lowest BCUT2D eigenvalue weighted by Crippen LogP contribution is -2.14. The number of fused-ring (bicyclic) bond motifs is 3. The number of nitrogens with zero attached hydrogens (tertiary/aromatic N) is 2. The number of thiophene rings is 1. The van der Waals surface area contributed by atoms with Crippen LogP contribution in [0, 0.1) is 24.2 Å². The highest BCUT2D eigenvalue weighted by Crippen LogP contribution is 2.35. The molecule has 4 nitrogen and oxygen atoms in total. The molecule has 3 aromatic rings. The molecule has 0 saturated heterocycles. The quantitative estimate of drug-likeness (QED) is 0.684. The number of allylic oxidation sites excluding steroid dienone is 1. The minimum absolute atomic E-state index is 0.137. The monoisotopic (exact) mass is 361 g/mol. The lowest BCUT2D eigenvalue weighted by Gasteiger charge is -2.17. The molecule has 1 aromatic carbocycles. The van der Waals surface area contributed by atoms with Crippen LogP contribution < -0.4 is 5.56 Å². The fraction of sp³-hybridized carbons (Fsp3) is 0.286. The van der Waals surface area contributed by atoms with Gasteiger partial charge in [-0.1, -0.05) is 36.8 Å². The molecule has 2 heterocycles. The zero-order chi connectivity index (χ0) is 18.3. The van der Waals surface area contributed by atoms with Gasteiger partial charge in [0.05, 0.1) is 11.0 Å². The number of hydrogen-bond acceptors (Lipinski definition) is 4. The summed E-state index contributed by atoms with van der Waals surface area (Å²) in [5.74, 6) is 0.989. The average Bonchev–Trinajstić information content (AvgIpc) is 2.97. The number of nitriles is 1. The van der Waals surface area contributed by atoms with Crippen molar-refractivity contribution in [1.82, 2.24) is 9.97 Å². The summed E-state index contributed by atoms with van der Waals surface area (Å²) in [5, 5.41) is 10.3. The van der Waals surface area contributed by atoms with E-state index in [9.17, 15) is 10.1 Å². The molecule has 0 unspecified atom stereocenters. The molecule has 2 aromatic heterocycles. The normalized spacial score (nSPS) is 17.1. The summed E-state index contributed by atoms with van der Waals surface area (Å²) in [7, 11) is 0. The molecule has 130 valence electrons. The van der Waals surface area contributed by atoms with E-state index in [0.717, 1.165) is 40.8 Å². The van der Waals surface area contributed by atoms with E-state index >= 15 is 0 Å². The van der Waals surface area contributed by atoms with Crippen molar-refractivity contribution >= 4 is 33.2 Å². The van der Waals surface area contributed by atoms with E-state index in [1.807, 2.05) is 31.2 Å². The standard InChI is InChI=1S/C21H19N3OS/c1-12-4-3-5-14(8-12)10-15(11-22)19-23-20(25)18-16-7-6-13(2)9-17(16)26-21(18)24-19/h3-5,8,10,13H,6-7,9H2,1-2H3,(H,23,24,25)/b15-10+/t13-/m0/s1. The van der Waals surface area contributed by atoms with E-state index in [-0.39, 0.29) is 5.56 Å². The van der Waals surface area contributed by atoms with Gasteiger partial charge in [0.2, 0.25) is 0 Å². The second kappa shape index (κ2) is 6.54. The summed E-state index contributed by atoms with van der Waals surface area (Å²) >= 11 is 1.60. The molecule has 0 fully saturated rings. The molecule has 1 N–H and O–H groups in total. The Kier molecular flexibility index (Phi) is 4.21. The Balaban J connectivity index is 1.84. The zero-order valence-corrected chi connectivity index (χ0v) is 15.6. The number of H-pyrrole nitrogens is 1. The van der Waals surface area contributed by atoms with E-state index in [0.29, 0.717) is 22.7 Å². The Morgan fingerprint density at radius 1 is 1.46 bits per heavy atom. The van der Waals surface area contributed by atoms with Gasteiger partial charge in [0, 0.05) is 4.88 Å².